The molecule has 0 bridgehead atoms. The molecule has 0 saturated heterocycles. The maximum absolute atomic E-state index is 13.6. The Bertz CT molecular complexity index is 541. The molecule has 1 aromatic heterocycles. The van der Waals surface area contributed by atoms with E-state index in [-0.39, 0.29) is 12.1 Å². The molecule has 0 aliphatic rings. The number of rotatable bonds is 6. The Hall–Kier alpha value is -1.68. The van der Waals surface area contributed by atoms with E-state index in [9.17, 15) is 8.78 Å². The molecule has 0 unspecified atom stereocenters. The summed E-state index contributed by atoms with van der Waals surface area (Å²) >= 11 is 0. The molecular weight excluding hydrogens is 258 g/mol. The average Bonchev–Trinajstić information content (AvgIpc) is 2.81. The Kier molecular flexibility index (Phi) is 4.90. The molecule has 0 saturated carbocycles. The van der Waals surface area contributed by atoms with E-state index < -0.39 is 11.6 Å². The lowest BCUT2D eigenvalue weighted by atomic mass is 10.2. The molecule has 0 amide bonds. The van der Waals surface area contributed by atoms with E-state index in [0.29, 0.717) is 5.92 Å². The quantitative estimate of drug-likeness (QED) is 0.855. The third kappa shape index (κ3) is 3.90. The van der Waals surface area contributed by atoms with Gasteiger partial charge in [0, 0.05) is 24.5 Å². The molecule has 1 aromatic carbocycles. The summed E-state index contributed by atoms with van der Waals surface area (Å²) in [6.45, 7) is 6.24. The van der Waals surface area contributed by atoms with Gasteiger partial charge < -0.3 is 9.88 Å². The summed E-state index contributed by atoms with van der Waals surface area (Å²) < 4.78 is 28.9. The molecule has 2 nitrogen and oxygen atoms in total. The molecule has 0 spiro atoms. The number of benzene rings is 1. The number of aromatic nitrogens is 1. The Labute approximate surface area is 118 Å². The molecule has 0 fully saturated rings. The zero-order valence-corrected chi connectivity index (χ0v) is 11.9. The van der Waals surface area contributed by atoms with Crippen LogP contribution in [-0.2, 0) is 13.1 Å². The fraction of sp³-hybridized carbons (Fsp3) is 0.375. The Morgan fingerprint density at radius 2 is 1.85 bits per heavy atom. The van der Waals surface area contributed by atoms with Gasteiger partial charge in [-0.2, -0.15) is 0 Å². The van der Waals surface area contributed by atoms with Crippen molar-refractivity contribution in [3.63, 3.8) is 0 Å². The molecular formula is C16H20F2N2. The van der Waals surface area contributed by atoms with Crippen molar-refractivity contribution in [2.45, 2.75) is 26.9 Å². The van der Waals surface area contributed by atoms with Crippen LogP contribution in [0.5, 0.6) is 0 Å². The second kappa shape index (κ2) is 6.66. The first-order chi connectivity index (χ1) is 9.56. The highest BCUT2D eigenvalue weighted by atomic mass is 19.1. The smallest absolute Gasteiger partial charge is 0.131 e. The first kappa shape index (κ1) is 14.7. The highest BCUT2D eigenvalue weighted by molar-refractivity contribution is 5.21. The lowest BCUT2D eigenvalue weighted by molar-refractivity contribution is 0.543. The summed E-state index contributed by atoms with van der Waals surface area (Å²) in [5.74, 6) is -0.402. The van der Waals surface area contributed by atoms with E-state index in [1.807, 2.05) is 18.5 Å². The van der Waals surface area contributed by atoms with E-state index in [2.05, 4.69) is 19.2 Å². The normalized spacial score (nSPS) is 11.2. The molecule has 0 aliphatic carbocycles. The molecule has 4 heteroatoms. The number of hydrogen-bond acceptors (Lipinski definition) is 1. The first-order valence-corrected chi connectivity index (χ1v) is 6.84. The molecule has 2 aromatic rings. The van der Waals surface area contributed by atoms with Gasteiger partial charge in [-0.05, 0) is 36.2 Å². The van der Waals surface area contributed by atoms with Crippen LogP contribution in [0.2, 0.25) is 0 Å². The van der Waals surface area contributed by atoms with Gasteiger partial charge in [0.15, 0.2) is 0 Å². The minimum absolute atomic E-state index is 0.102. The van der Waals surface area contributed by atoms with Gasteiger partial charge in [0.2, 0.25) is 0 Å². The maximum atomic E-state index is 13.6. The fourth-order valence-corrected chi connectivity index (χ4v) is 2.06. The van der Waals surface area contributed by atoms with E-state index in [1.165, 1.54) is 18.2 Å². The van der Waals surface area contributed by atoms with Gasteiger partial charge in [-0.25, -0.2) is 8.78 Å². The van der Waals surface area contributed by atoms with Crippen LogP contribution in [0.4, 0.5) is 8.78 Å². The standard InChI is InChI=1S/C16H20F2N2/c1-12(2)8-19-9-13-6-7-20(10-13)11-14-15(17)4-3-5-16(14)18/h3-7,10,12,19H,8-9,11H2,1-2H3. The second-order valence-corrected chi connectivity index (χ2v) is 5.42. The zero-order chi connectivity index (χ0) is 14.5. The third-order valence-corrected chi connectivity index (χ3v) is 3.10. The van der Waals surface area contributed by atoms with Crippen molar-refractivity contribution < 1.29 is 8.78 Å². The fourth-order valence-electron chi connectivity index (χ4n) is 2.06. The van der Waals surface area contributed by atoms with Gasteiger partial charge in [0.1, 0.15) is 11.6 Å². The Balaban J connectivity index is 1.99. The van der Waals surface area contributed by atoms with Crippen molar-refractivity contribution >= 4 is 0 Å². The molecule has 1 heterocycles. The van der Waals surface area contributed by atoms with Crippen LogP contribution in [0.25, 0.3) is 0 Å². The van der Waals surface area contributed by atoms with Gasteiger partial charge in [0.05, 0.1) is 6.54 Å². The number of nitrogens with one attached hydrogen (secondary N) is 1. The summed E-state index contributed by atoms with van der Waals surface area (Å²) in [7, 11) is 0. The number of nitrogens with zero attached hydrogens (tertiary/aromatic N) is 1. The van der Waals surface area contributed by atoms with Gasteiger partial charge in [-0.15, -0.1) is 0 Å². The summed E-state index contributed by atoms with van der Waals surface area (Å²) in [5, 5.41) is 3.34. The lowest BCUT2D eigenvalue weighted by Gasteiger charge is -2.07. The number of halogens is 2. The largest absolute Gasteiger partial charge is 0.349 e. The minimum atomic E-state index is -0.502. The van der Waals surface area contributed by atoms with Crippen LogP contribution in [0.1, 0.15) is 25.0 Å². The topological polar surface area (TPSA) is 17.0 Å². The van der Waals surface area contributed by atoms with Gasteiger partial charge in [-0.3, -0.25) is 0 Å². The van der Waals surface area contributed by atoms with E-state index in [1.54, 1.807) is 4.57 Å². The molecule has 0 radical (unpaired) electrons. The molecule has 1 N–H and O–H groups in total. The molecule has 108 valence electrons. The van der Waals surface area contributed by atoms with Crippen molar-refractivity contribution in [2.75, 3.05) is 6.54 Å². The van der Waals surface area contributed by atoms with Gasteiger partial charge in [0.25, 0.3) is 0 Å². The van der Waals surface area contributed by atoms with Crippen molar-refractivity contribution in [3.8, 4) is 0 Å². The summed E-state index contributed by atoms with van der Waals surface area (Å²) in [6, 6.07) is 5.91. The van der Waals surface area contributed by atoms with Crippen molar-refractivity contribution in [1.29, 1.82) is 0 Å². The lowest BCUT2D eigenvalue weighted by Crippen LogP contribution is -2.18. The highest BCUT2D eigenvalue weighted by Gasteiger charge is 2.09. The zero-order valence-electron chi connectivity index (χ0n) is 11.9. The van der Waals surface area contributed by atoms with Crippen LogP contribution < -0.4 is 5.32 Å². The maximum Gasteiger partial charge on any atom is 0.131 e. The van der Waals surface area contributed by atoms with Gasteiger partial charge in [-0.1, -0.05) is 19.9 Å². The summed E-state index contributed by atoms with van der Waals surface area (Å²) in [6.07, 6.45) is 3.76. The van der Waals surface area contributed by atoms with Crippen LogP contribution in [-0.4, -0.2) is 11.1 Å². The van der Waals surface area contributed by atoms with Crippen LogP contribution in [0, 0.1) is 17.6 Å². The molecule has 0 atom stereocenters. The molecule has 2 rings (SSSR count). The van der Waals surface area contributed by atoms with Crippen LogP contribution in [0.15, 0.2) is 36.7 Å². The van der Waals surface area contributed by atoms with E-state index in [0.717, 1.165) is 18.7 Å². The summed E-state index contributed by atoms with van der Waals surface area (Å²) in [4.78, 5) is 0. The van der Waals surface area contributed by atoms with Gasteiger partial charge >= 0.3 is 0 Å². The summed E-state index contributed by atoms with van der Waals surface area (Å²) in [5.41, 5.74) is 1.21. The van der Waals surface area contributed by atoms with Crippen molar-refractivity contribution in [1.82, 2.24) is 9.88 Å². The SMILES string of the molecule is CC(C)CNCc1ccn(Cc2c(F)cccc2F)c1. The van der Waals surface area contributed by atoms with E-state index >= 15 is 0 Å². The predicted octanol–water partition coefficient (Wildman–Crippen LogP) is 3.56. The Morgan fingerprint density at radius 3 is 2.50 bits per heavy atom. The second-order valence-electron chi connectivity index (χ2n) is 5.42. The van der Waals surface area contributed by atoms with Crippen molar-refractivity contribution in [2.24, 2.45) is 5.92 Å². The Morgan fingerprint density at radius 1 is 1.15 bits per heavy atom. The van der Waals surface area contributed by atoms with Crippen molar-refractivity contribution in [3.05, 3.63) is 59.4 Å². The molecule has 20 heavy (non-hydrogen) atoms. The van der Waals surface area contributed by atoms with Crippen LogP contribution in [0.3, 0.4) is 0 Å². The van der Waals surface area contributed by atoms with Crippen LogP contribution >= 0.6 is 0 Å². The number of hydrogen-bond donors (Lipinski definition) is 1. The minimum Gasteiger partial charge on any atom is -0.349 e. The monoisotopic (exact) mass is 278 g/mol. The highest BCUT2D eigenvalue weighted by Crippen LogP contribution is 2.14. The van der Waals surface area contributed by atoms with E-state index in [4.69, 9.17) is 0 Å². The molecule has 0 aliphatic heterocycles. The third-order valence-electron chi connectivity index (χ3n) is 3.10. The predicted molar refractivity (Wildman–Crippen MR) is 76.4 cm³/mol. The average molecular weight is 278 g/mol. The first-order valence-electron chi connectivity index (χ1n) is 6.84.